The van der Waals surface area contributed by atoms with Crippen molar-refractivity contribution >= 4 is 11.7 Å². The Morgan fingerprint density at radius 3 is 2.70 bits per heavy atom. The molecule has 0 aliphatic carbocycles. The molecule has 1 unspecified atom stereocenters. The first-order valence-electron chi connectivity index (χ1n) is 6.55. The van der Waals surface area contributed by atoms with E-state index in [1.807, 2.05) is 13.8 Å². The molecule has 1 heterocycles. The predicted molar refractivity (Wildman–Crippen MR) is 77.6 cm³/mol. The molecule has 1 rings (SSSR count). The second kappa shape index (κ2) is 7.21. The Balaban J connectivity index is 2.86. The van der Waals surface area contributed by atoms with E-state index >= 15 is 0 Å². The number of hydrogen-bond acceptors (Lipinski definition) is 5. The van der Waals surface area contributed by atoms with Gasteiger partial charge in [-0.2, -0.15) is 0 Å². The first kappa shape index (κ1) is 16.4. The number of rotatable bonds is 6. The number of ether oxygens (including phenoxy) is 1. The fourth-order valence-electron chi connectivity index (χ4n) is 1.86. The van der Waals surface area contributed by atoms with Crippen molar-refractivity contribution in [1.82, 2.24) is 9.88 Å². The number of nitrogens with two attached hydrogens (primary N) is 1. The maximum Gasteiger partial charge on any atom is 0.253 e. The van der Waals surface area contributed by atoms with Crippen molar-refractivity contribution in [2.45, 2.75) is 25.9 Å². The summed E-state index contributed by atoms with van der Waals surface area (Å²) in [6.07, 6.45) is -0.710. The molecule has 1 amide bonds. The fourth-order valence-corrected chi connectivity index (χ4v) is 1.86. The zero-order valence-electron chi connectivity index (χ0n) is 12.5. The molecule has 1 aromatic rings. The number of carbonyl (C=O) groups excluding carboxylic acids is 1. The lowest BCUT2D eigenvalue weighted by atomic mass is 10.1. The van der Waals surface area contributed by atoms with Crippen LogP contribution in [-0.4, -0.2) is 54.3 Å². The molecule has 112 valence electrons. The molecule has 0 aliphatic rings. The first-order chi connectivity index (χ1) is 9.35. The summed E-state index contributed by atoms with van der Waals surface area (Å²) in [5.74, 6) is 0.316. The minimum absolute atomic E-state index is 0.188. The largest absolute Gasteiger partial charge is 0.389 e. The Hall–Kier alpha value is -1.66. The van der Waals surface area contributed by atoms with Crippen LogP contribution in [0.5, 0.6) is 0 Å². The maximum atomic E-state index is 12.3. The van der Waals surface area contributed by atoms with Crippen LogP contribution in [0, 0.1) is 0 Å². The van der Waals surface area contributed by atoms with Crippen molar-refractivity contribution in [3.05, 3.63) is 23.4 Å². The van der Waals surface area contributed by atoms with Crippen LogP contribution >= 0.6 is 0 Å². The second-order valence-corrected chi connectivity index (χ2v) is 5.16. The standard InChI is InChI=1S/C14H23N3O3/c1-9(2)12-5-10(6-13(15)16-12)14(19)17(3)7-11(18)8-20-4/h5-6,9,11,18H,7-8H2,1-4H3,(H2,15,16). The van der Waals surface area contributed by atoms with Crippen LogP contribution in [0.1, 0.15) is 35.8 Å². The molecule has 6 nitrogen and oxygen atoms in total. The zero-order chi connectivity index (χ0) is 15.3. The third-order valence-corrected chi connectivity index (χ3v) is 2.89. The Morgan fingerprint density at radius 1 is 1.50 bits per heavy atom. The lowest BCUT2D eigenvalue weighted by Crippen LogP contribution is -2.36. The zero-order valence-corrected chi connectivity index (χ0v) is 12.5. The number of carbonyl (C=O) groups is 1. The molecule has 0 saturated carbocycles. The minimum Gasteiger partial charge on any atom is -0.389 e. The van der Waals surface area contributed by atoms with E-state index in [1.54, 1.807) is 19.2 Å². The first-order valence-corrected chi connectivity index (χ1v) is 6.55. The number of anilines is 1. The summed E-state index contributed by atoms with van der Waals surface area (Å²) in [4.78, 5) is 18.0. The highest BCUT2D eigenvalue weighted by molar-refractivity contribution is 5.94. The van der Waals surface area contributed by atoms with Crippen LogP contribution in [0.15, 0.2) is 12.1 Å². The predicted octanol–water partition coefficient (Wildman–Crippen LogP) is 0.866. The van der Waals surface area contributed by atoms with Crippen LogP contribution in [0.2, 0.25) is 0 Å². The number of amides is 1. The van der Waals surface area contributed by atoms with E-state index in [0.29, 0.717) is 11.4 Å². The van der Waals surface area contributed by atoms with Gasteiger partial charge in [-0.05, 0) is 18.1 Å². The summed E-state index contributed by atoms with van der Waals surface area (Å²) in [7, 11) is 3.14. The normalized spacial score (nSPS) is 12.5. The van der Waals surface area contributed by atoms with E-state index < -0.39 is 6.10 Å². The summed E-state index contributed by atoms with van der Waals surface area (Å²) in [6, 6.07) is 3.29. The van der Waals surface area contributed by atoms with Crippen molar-refractivity contribution < 1.29 is 14.6 Å². The van der Waals surface area contributed by atoms with Gasteiger partial charge in [-0.1, -0.05) is 13.8 Å². The molecular weight excluding hydrogens is 258 g/mol. The van der Waals surface area contributed by atoms with Crippen molar-refractivity contribution in [2.24, 2.45) is 0 Å². The molecule has 0 aliphatic heterocycles. The number of nitrogen functional groups attached to an aromatic ring is 1. The van der Waals surface area contributed by atoms with E-state index in [1.165, 1.54) is 12.0 Å². The SMILES string of the molecule is COCC(O)CN(C)C(=O)c1cc(N)nc(C(C)C)c1. The van der Waals surface area contributed by atoms with Crippen molar-refractivity contribution in [2.75, 3.05) is 33.0 Å². The van der Waals surface area contributed by atoms with Crippen molar-refractivity contribution in [3.63, 3.8) is 0 Å². The molecule has 3 N–H and O–H groups in total. The Bertz CT molecular complexity index is 463. The van der Waals surface area contributed by atoms with Gasteiger partial charge in [-0.15, -0.1) is 0 Å². The Morgan fingerprint density at radius 2 is 2.15 bits per heavy atom. The molecule has 0 spiro atoms. The number of likely N-dealkylation sites (N-methyl/N-ethyl adjacent to an activating group) is 1. The second-order valence-electron chi connectivity index (χ2n) is 5.16. The van der Waals surface area contributed by atoms with Gasteiger partial charge < -0.3 is 20.5 Å². The number of aliphatic hydroxyl groups excluding tert-OH is 1. The summed E-state index contributed by atoms with van der Waals surface area (Å²) in [6.45, 7) is 4.36. The molecule has 0 radical (unpaired) electrons. The van der Waals surface area contributed by atoms with Crippen LogP contribution in [0.25, 0.3) is 0 Å². The van der Waals surface area contributed by atoms with Crippen LogP contribution in [0.4, 0.5) is 5.82 Å². The van der Waals surface area contributed by atoms with Gasteiger partial charge in [0.15, 0.2) is 0 Å². The van der Waals surface area contributed by atoms with E-state index in [2.05, 4.69) is 4.98 Å². The van der Waals surface area contributed by atoms with Gasteiger partial charge in [0.1, 0.15) is 5.82 Å². The molecule has 1 atom stereocenters. The smallest absolute Gasteiger partial charge is 0.253 e. The summed E-state index contributed by atoms with van der Waals surface area (Å²) in [5, 5.41) is 9.66. The van der Waals surface area contributed by atoms with E-state index in [4.69, 9.17) is 10.5 Å². The third-order valence-electron chi connectivity index (χ3n) is 2.89. The number of hydrogen-bond donors (Lipinski definition) is 2. The lowest BCUT2D eigenvalue weighted by molar-refractivity contribution is 0.0380. The molecular formula is C14H23N3O3. The summed E-state index contributed by atoms with van der Waals surface area (Å²) in [5.41, 5.74) is 6.99. The molecule has 20 heavy (non-hydrogen) atoms. The number of nitrogens with zero attached hydrogens (tertiary/aromatic N) is 2. The number of aliphatic hydroxyl groups is 1. The highest BCUT2D eigenvalue weighted by atomic mass is 16.5. The summed E-state index contributed by atoms with van der Waals surface area (Å²) >= 11 is 0. The quantitative estimate of drug-likeness (QED) is 0.807. The fraction of sp³-hybridized carbons (Fsp3) is 0.571. The average molecular weight is 281 g/mol. The van der Waals surface area contributed by atoms with E-state index in [0.717, 1.165) is 5.69 Å². The van der Waals surface area contributed by atoms with Gasteiger partial charge >= 0.3 is 0 Å². The van der Waals surface area contributed by atoms with Crippen LogP contribution in [0.3, 0.4) is 0 Å². The summed E-state index contributed by atoms with van der Waals surface area (Å²) < 4.78 is 4.84. The van der Waals surface area contributed by atoms with Crippen molar-refractivity contribution in [1.29, 1.82) is 0 Å². The van der Waals surface area contributed by atoms with Gasteiger partial charge in [0.25, 0.3) is 5.91 Å². The molecule has 0 saturated heterocycles. The van der Waals surface area contributed by atoms with Gasteiger partial charge in [-0.25, -0.2) is 4.98 Å². The molecule has 6 heteroatoms. The highest BCUT2D eigenvalue weighted by Gasteiger charge is 2.17. The monoisotopic (exact) mass is 281 g/mol. The van der Waals surface area contributed by atoms with Gasteiger partial charge in [0.2, 0.25) is 0 Å². The molecule has 0 bridgehead atoms. The molecule has 0 fully saturated rings. The van der Waals surface area contributed by atoms with Crippen LogP contribution < -0.4 is 5.73 Å². The maximum absolute atomic E-state index is 12.3. The van der Waals surface area contributed by atoms with Crippen molar-refractivity contribution in [3.8, 4) is 0 Å². The Kier molecular flexibility index (Phi) is 5.91. The molecule has 1 aromatic heterocycles. The van der Waals surface area contributed by atoms with Crippen LogP contribution in [-0.2, 0) is 4.74 Å². The minimum atomic E-state index is -0.710. The molecule has 0 aromatic carbocycles. The van der Waals surface area contributed by atoms with Gasteiger partial charge in [0.05, 0.1) is 12.7 Å². The third kappa shape index (κ3) is 4.47. The number of methoxy groups -OCH3 is 1. The average Bonchev–Trinajstić information content (AvgIpc) is 2.37. The highest BCUT2D eigenvalue weighted by Crippen LogP contribution is 2.17. The number of pyridine rings is 1. The lowest BCUT2D eigenvalue weighted by Gasteiger charge is -2.21. The van der Waals surface area contributed by atoms with Gasteiger partial charge in [0, 0.05) is 32.0 Å². The van der Waals surface area contributed by atoms with Gasteiger partial charge in [-0.3, -0.25) is 4.79 Å². The Labute approximate surface area is 119 Å². The number of aromatic nitrogens is 1. The van der Waals surface area contributed by atoms with E-state index in [-0.39, 0.29) is 25.0 Å². The topological polar surface area (TPSA) is 88.7 Å². The van der Waals surface area contributed by atoms with E-state index in [9.17, 15) is 9.90 Å².